The summed E-state index contributed by atoms with van der Waals surface area (Å²) in [6.45, 7) is 0. The van der Waals surface area contributed by atoms with E-state index in [-0.39, 0.29) is 12.0 Å². The maximum absolute atomic E-state index is 10.7. The number of hydrogen-bond acceptors (Lipinski definition) is 3. The van der Waals surface area contributed by atoms with Gasteiger partial charge >= 0.3 is 6.09 Å². The van der Waals surface area contributed by atoms with Gasteiger partial charge in [0.2, 0.25) is 0 Å². The fourth-order valence-corrected chi connectivity index (χ4v) is 2.38. The van der Waals surface area contributed by atoms with E-state index >= 15 is 0 Å². The number of nitrogens with zero attached hydrogens (tertiary/aromatic N) is 1. The molecule has 1 aromatic heterocycles. The van der Waals surface area contributed by atoms with Crippen LogP contribution in [0.1, 0.15) is 37.3 Å². The van der Waals surface area contributed by atoms with Gasteiger partial charge in [-0.15, -0.1) is 0 Å². The second kappa shape index (κ2) is 4.42. The Kier molecular flexibility index (Phi) is 2.98. The highest BCUT2D eigenvalue weighted by Gasteiger charge is 2.28. The number of carbonyl (C=O) groups is 1. The summed E-state index contributed by atoms with van der Waals surface area (Å²) in [5.74, 6) is 0.615. The van der Waals surface area contributed by atoms with Crippen LogP contribution in [0.5, 0.6) is 0 Å². The Labute approximate surface area is 93.2 Å². The van der Waals surface area contributed by atoms with Crippen molar-refractivity contribution in [3.63, 3.8) is 0 Å². The van der Waals surface area contributed by atoms with Gasteiger partial charge in [-0.1, -0.05) is 12.8 Å². The largest absolute Gasteiger partial charge is 0.465 e. The Bertz CT molecular complexity index is 377. The zero-order valence-corrected chi connectivity index (χ0v) is 8.94. The maximum atomic E-state index is 10.7. The number of H-pyrrole nitrogens is 1. The summed E-state index contributed by atoms with van der Waals surface area (Å²) in [4.78, 5) is 10.7. The van der Waals surface area contributed by atoms with Crippen LogP contribution >= 0.6 is 0 Å². The molecular weight excluding hydrogens is 208 g/mol. The molecule has 16 heavy (non-hydrogen) atoms. The van der Waals surface area contributed by atoms with E-state index in [1.165, 1.54) is 0 Å². The number of nitrogen functional groups attached to an aromatic ring is 1. The van der Waals surface area contributed by atoms with Crippen molar-refractivity contribution in [2.24, 2.45) is 0 Å². The highest BCUT2D eigenvalue weighted by atomic mass is 16.4. The zero-order chi connectivity index (χ0) is 11.5. The topological polar surface area (TPSA) is 104 Å². The van der Waals surface area contributed by atoms with Crippen molar-refractivity contribution < 1.29 is 9.90 Å². The van der Waals surface area contributed by atoms with Crippen LogP contribution in [0.2, 0.25) is 0 Å². The van der Waals surface area contributed by atoms with Gasteiger partial charge in [-0.05, 0) is 12.8 Å². The molecule has 1 aliphatic rings. The van der Waals surface area contributed by atoms with Crippen molar-refractivity contribution in [1.82, 2.24) is 15.5 Å². The van der Waals surface area contributed by atoms with Gasteiger partial charge in [0.25, 0.3) is 0 Å². The molecule has 1 saturated carbocycles. The highest BCUT2D eigenvalue weighted by molar-refractivity contribution is 5.65. The number of hydrogen-bond donors (Lipinski definition) is 4. The predicted octanol–water partition coefficient (Wildman–Crippen LogP) is 1.29. The molecule has 1 fully saturated rings. The van der Waals surface area contributed by atoms with Crippen molar-refractivity contribution >= 4 is 11.9 Å². The zero-order valence-electron chi connectivity index (χ0n) is 8.94. The first-order chi connectivity index (χ1) is 7.66. The average Bonchev–Trinajstić information content (AvgIpc) is 2.65. The molecule has 2 atom stereocenters. The van der Waals surface area contributed by atoms with E-state index in [1.54, 1.807) is 6.07 Å². The SMILES string of the molecule is Nc1cc([C@@H]2CCCC[C@H]2NC(=O)O)[nH]n1. The van der Waals surface area contributed by atoms with E-state index < -0.39 is 6.09 Å². The monoisotopic (exact) mass is 224 g/mol. The molecule has 5 N–H and O–H groups in total. The summed E-state index contributed by atoms with van der Waals surface area (Å²) in [6, 6.07) is 1.75. The Morgan fingerprint density at radius 2 is 2.31 bits per heavy atom. The molecular formula is C10H16N4O2. The summed E-state index contributed by atoms with van der Waals surface area (Å²) in [7, 11) is 0. The molecule has 6 nitrogen and oxygen atoms in total. The molecule has 0 radical (unpaired) electrons. The number of aromatic amines is 1. The highest BCUT2D eigenvalue weighted by Crippen LogP contribution is 2.32. The number of aromatic nitrogens is 2. The molecule has 1 aliphatic carbocycles. The van der Waals surface area contributed by atoms with Crippen LogP contribution in [0.15, 0.2) is 6.07 Å². The van der Waals surface area contributed by atoms with E-state index in [4.69, 9.17) is 10.8 Å². The molecule has 0 aliphatic heterocycles. The molecule has 2 rings (SSSR count). The lowest BCUT2D eigenvalue weighted by Gasteiger charge is -2.30. The molecule has 0 unspecified atom stereocenters. The van der Waals surface area contributed by atoms with Crippen molar-refractivity contribution in [3.05, 3.63) is 11.8 Å². The third-order valence-electron chi connectivity index (χ3n) is 3.09. The third kappa shape index (κ3) is 2.26. The Hall–Kier alpha value is -1.72. The van der Waals surface area contributed by atoms with Gasteiger partial charge in [0.05, 0.1) is 0 Å². The van der Waals surface area contributed by atoms with Crippen molar-refractivity contribution in [3.8, 4) is 0 Å². The van der Waals surface area contributed by atoms with Crippen LogP contribution in [0, 0.1) is 0 Å². The van der Waals surface area contributed by atoms with E-state index in [0.29, 0.717) is 5.82 Å². The Morgan fingerprint density at radius 3 is 2.94 bits per heavy atom. The molecule has 1 aromatic rings. The number of rotatable bonds is 2. The smallest absolute Gasteiger partial charge is 0.404 e. The second-order valence-corrected chi connectivity index (χ2v) is 4.20. The molecule has 88 valence electrons. The van der Waals surface area contributed by atoms with Crippen LogP contribution in [-0.4, -0.2) is 27.4 Å². The van der Waals surface area contributed by atoms with Gasteiger partial charge in [-0.25, -0.2) is 4.79 Å². The number of amides is 1. The average molecular weight is 224 g/mol. The van der Waals surface area contributed by atoms with E-state index in [1.807, 2.05) is 0 Å². The van der Waals surface area contributed by atoms with Gasteiger partial charge in [-0.2, -0.15) is 5.10 Å². The molecule has 0 spiro atoms. The van der Waals surface area contributed by atoms with Gasteiger partial charge in [0.1, 0.15) is 5.82 Å². The summed E-state index contributed by atoms with van der Waals surface area (Å²) in [5, 5.41) is 18.1. The minimum Gasteiger partial charge on any atom is -0.465 e. The van der Waals surface area contributed by atoms with Gasteiger partial charge in [-0.3, -0.25) is 5.10 Å². The summed E-state index contributed by atoms with van der Waals surface area (Å²) in [6.07, 6.45) is 3.04. The van der Waals surface area contributed by atoms with Crippen molar-refractivity contribution in [1.29, 1.82) is 0 Å². The first-order valence-electron chi connectivity index (χ1n) is 5.47. The number of nitrogens with two attached hydrogens (primary N) is 1. The van der Waals surface area contributed by atoms with E-state index in [2.05, 4.69) is 15.5 Å². The molecule has 1 amide bonds. The number of nitrogens with one attached hydrogen (secondary N) is 2. The number of anilines is 1. The molecule has 6 heteroatoms. The molecule has 0 aromatic carbocycles. The molecule has 0 bridgehead atoms. The maximum Gasteiger partial charge on any atom is 0.404 e. The quantitative estimate of drug-likeness (QED) is 0.607. The first kappa shape index (κ1) is 10.8. The normalized spacial score (nSPS) is 25.2. The van der Waals surface area contributed by atoms with Crippen LogP contribution in [0.4, 0.5) is 10.6 Å². The lowest BCUT2D eigenvalue weighted by atomic mass is 9.82. The Morgan fingerprint density at radius 1 is 1.56 bits per heavy atom. The molecule has 0 saturated heterocycles. The minimum atomic E-state index is -0.968. The predicted molar refractivity (Wildman–Crippen MR) is 59.2 cm³/mol. The summed E-state index contributed by atoms with van der Waals surface area (Å²) in [5.41, 5.74) is 6.48. The lowest BCUT2D eigenvalue weighted by molar-refractivity contribution is 0.182. The fraction of sp³-hybridized carbons (Fsp3) is 0.600. The van der Waals surface area contributed by atoms with Gasteiger partial charge in [0.15, 0.2) is 0 Å². The van der Waals surface area contributed by atoms with Gasteiger partial charge < -0.3 is 16.2 Å². The van der Waals surface area contributed by atoms with Crippen LogP contribution < -0.4 is 11.1 Å². The standard InChI is InChI=1S/C10H16N4O2/c11-9-5-8(13-14-9)6-3-1-2-4-7(6)12-10(15)16/h5-7,12H,1-4H2,(H,15,16)(H3,11,13,14)/t6-,7-/m1/s1. The van der Waals surface area contributed by atoms with Crippen LogP contribution in [-0.2, 0) is 0 Å². The number of carboxylic acid groups (broad SMARTS) is 1. The van der Waals surface area contributed by atoms with Crippen molar-refractivity contribution in [2.45, 2.75) is 37.6 Å². The lowest BCUT2D eigenvalue weighted by Crippen LogP contribution is -2.40. The Balaban J connectivity index is 2.12. The fourth-order valence-electron chi connectivity index (χ4n) is 2.38. The second-order valence-electron chi connectivity index (χ2n) is 4.20. The summed E-state index contributed by atoms with van der Waals surface area (Å²) >= 11 is 0. The van der Waals surface area contributed by atoms with Crippen LogP contribution in [0.25, 0.3) is 0 Å². The molecule has 1 heterocycles. The van der Waals surface area contributed by atoms with Gasteiger partial charge in [0, 0.05) is 23.7 Å². The van der Waals surface area contributed by atoms with Crippen LogP contribution in [0.3, 0.4) is 0 Å². The third-order valence-corrected chi connectivity index (χ3v) is 3.09. The van der Waals surface area contributed by atoms with Crippen molar-refractivity contribution in [2.75, 3.05) is 5.73 Å². The minimum absolute atomic E-state index is 0.0360. The first-order valence-corrected chi connectivity index (χ1v) is 5.47. The summed E-state index contributed by atoms with van der Waals surface area (Å²) < 4.78 is 0. The van der Waals surface area contributed by atoms with E-state index in [0.717, 1.165) is 31.4 Å². The van der Waals surface area contributed by atoms with E-state index in [9.17, 15) is 4.79 Å².